The zero-order chi connectivity index (χ0) is 9.14. The number of carbonyl (C=O) groups excluding carboxylic acids is 1. The molecule has 0 saturated carbocycles. The minimum Gasteiger partial charge on any atom is -0.340 e. The van der Waals surface area contributed by atoms with E-state index in [-0.39, 0.29) is 5.91 Å². The van der Waals surface area contributed by atoms with Crippen LogP contribution in [0.5, 0.6) is 0 Å². The largest absolute Gasteiger partial charge is 0.340 e. The minimum atomic E-state index is -0.0637. The molecule has 0 aromatic carbocycles. The van der Waals surface area contributed by atoms with Crippen LogP contribution in [0, 0.1) is 0 Å². The van der Waals surface area contributed by atoms with Crippen molar-refractivity contribution in [3.05, 3.63) is 23.9 Å². The van der Waals surface area contributed by atoms with Crippen LogP contribution in [0.25, 0.3) is 0 Å². The molecule has 0 atom stereocenters. The summed E-state index contributed by atoms with van der Waals surface area (Å²) in [6.45, 7) is 7.73. The van der Waals surface area contributed by atoms with E-state index in [0.29, 0.717) is 5.70 Å². The zero-order valence-corrected chi connectivity index (χ0v) is 7.21. The number of rotatable bonds is 2. The van der Waals surface area contributed by atoms with Crippen molar-refractivity contribution in [1.29, 1.82) is 0 Å². The van der Waals surface area contributed by atoms with Gasteiger partial charge in [0.05, 0.1) is 0 Å². The normalized spacial score (nSPS) is 18.1. The first-order chi connectivity index (χ1) is 5.70. The van der Waals surface area contributed by atoms with Crippen LogP contribution in [-0.4, -0.2) is 31.1 Å². The summed E-state index contributed by atoms with van der Waals surface area (Å²) >= 11 is 0. The zero-order valence-electron chi connectivity index (χ0n) is 7.21. The lowest BCUT2D eigenvalue weighted by Crippen LogP contribution is -2.33. The summed E-state index contributed by atoms with van der Waals surface area (Å²) in [6.07, 6.45) is 2.50. The van der Waals surface area contributed by atoms with E-state index in [0.717, 1.165) is 18.5 Å². The lowest BCUT2D eigenvalue weighted by molar-refractivity contribution is -0.126. The lowest BCUT2D eigenvalue weighted by atomic mass is 10.1. The van der Waals surface area contributed by atoms with Crippen molar-refractivity contribution in [2.45, 2.75) is 6.42 Å². The van der Waals surface area contributed by atoms with Gasteiger partial charge in [-0.15, -0.1) is 0 Å². The third-order valence-corrected chi connectivity index (χ3v) is 1.97. The van der Waals surface area contributed by atoms with Crippen LogP contribution in [0.1, 0.15) is 6.42 Å². The van der Waals surface area contributed by atoms with Crippen LogP contribution in [0.2, 0.25) is 0 Å². The molecule has 0 unspecified atom stereocenters. The van der Waals surface area contributed by atoms with E-state index in [1.165, 1.54) is 0 Å². The molecule has 0 fully saturated rings. The molecule has 0 aliphatic carbocycles. The Kier molecular flexibility index (Phi) is 2.43. The van der Waals surface area contributed by atoms with Crippen LogP contribution < -0.4 is 0 Å². The van der Waals surface area contributed by atoms with Crippen molar-refractivity contribution in [3.63, 3.8) is 0 Å². The van der Waals surface area contributed by atoms with Gasteiger partial charge in [-0.1, -0.05) is 12.7 Å². The van der Waals surface area contributed by atoms with Crippen molar-refractivity contribution in [3.8, 4) is 0 Å². The number of nitrogens with zero attached hydrogens (tertiary/aromatic N) is 2. The van der Waals surface area contributed by atoms with Gasteiger partial charge in [0.15, 0.2) is 0 Å². The van der Waals surface area contributed by atoms with E-state index in [2.05, 4.69) is 18.3 Å². The van der Waals surface area contributed by atoms with Gasteiger partial charge < -0.3 is 4.90 Å². The first kappa shape index (κ1) is 8.71. The molecular formula is C9H12N2O. The summed E-state index contributed by atoms with van der Waals surface area (Å²) in [7, 11) is 1.76. The number of allylic oxidation sites excluding steroid dienone is 1. The lowest BCUT2D eigenvalue weighted by Gasteiger charge is -2.23. The van der Waals surface area contributed by atoms with Gasteiger partial charge in [-0.2, -0.15) is 0 Å². The van der Waals surface area contributed by atoms with Crippen LogP contribution in [0.4, 0.5) is 0 Å². The number of amides is 1. The first-order valence-corrected chi connectivity index (χ1v) is 3.78. The maximum absolute atomic E-state index is 11.4. The Hall–Kier alpha value is -1.38. The predicted molar refractivity (Wildman–Crippen MR) is 49.0 cm³/mol. The first-order valence-electron chi connectivity index (χ1n) is 3.78. The predicted octanol–water partition coefficient (Wildman–Crippen LogP) is 0.989. The standard InChI is InChI=1S/C9H12N2O/c1-4-7-5-6-11(3)9(12)8(7)10-2/h4H,1-2,5-6H2,3H3. The highest BCUT2D eigenvalue weighted by molar-refractivity contribution is 5.95. The Morgan fingerprint density at radius 2 is 2.33 bits per heavy atom. The molecule has 0 spiro atoms. The van der Waals surface area contributed by atoms with Crippen LogP contribution in [0.3, 0.4) is 0 Å². The Balaban J connectivity index is 3.07. The summed E-state index contributed by atoms with van der Waals surface area (Å²) in [5, 5.41) is 0. The van der Waals surface area contributed by atoms with E-state index >= 15 is 0 Å². The Labute approximate surface area is 72.1 Å². The quantitative estimate of drug-likeness (QED) is 0.560. The van der Waals surface area contributed by atoms with Crippen molar-refractivity contribution in [1.82, 2.24) is 4.90 Å². The smallest absolute Gasteiger partial charge is 0.272 e. The highest BCUT2D eigenvalue weighted by Gasteiger charge is 2.21. The van der Waals surface area contributed by atoms with E-state index in [4.69, 9.17) is 0 Å². The second kappa shape index (κ2) is 3.34. The highest BCUT2D eigenvalue weighted by Crippen LogP contribution is 2.19. The molecule has 1 aliphatic heterocycles. The second-order valence-corrected chi connectivity index (χ2v) is 2.71. The summed E-state index contributed by atoms with van der Waals surface area (Å²) in [5.74, 6) is -0.0637. The van der Waals surface area contributed by atoms with Gasteiger partial charge in [0.1, 0.15) is 5.70 Å². The van der Waals surface area contributed by atoms with Crippen molar-refractivity contribution in [2.75, 3.05) is 13.6 Å². The molecule has 0 aromatic heterocycles. The number of aliphatic imine (C=N–C) groups is 1. The van der Waals surface area contributed by atoms with Crippen LogP contribution in [-0.2, 0) is 4.79 Å². The fourth-order valence-electron chi connectivity index (χ4n) is 1.19. The van der Waals surface area contributed by atoms with Crippen LogP contribution in [0.15, 0.2) is 28.9 Å². The van der Waals surface area contributed by atoms with E-state index < -0.39 is 0 Å². The van der Waals surface area contributed by atoms with Crippen molar-refractivity contribution in [2.24, 2.45) is 4.99 Å². The number of hydrogen-bond donors (Lipinski definition) is 0. The second-order valence-electron chi connectivity index (χ2n) is 2.71. The average Bonchev–Trinajstić information content (AvgIpc) is 2.09. The monoisotopic (exact) mass is 164 g/mol. The third-order valence-electron chi connectivity index (χ3n) is 1.97. The molecule has 1 heterocycles. The number of carbonyl (C=O) groups is 1. The molecule has 0 N–H and O–H groups in total. The average molecular weight is 164 g/mol. The molecule has 0 aromatic rings. The van der Waals surface area contributed by atoms with Gasteiger partial charge in [0.2, 0.25) is 0 Å². The van der Waals surface area contributed by atoms with Gasteiger partial charge in [0, 0.05) is 13.6 Å². The van der Waals surface area contributed by atoms with Crippen molar-refractivity contribution >= 4 is 12.6 Å². The van der Waals surface area contributed by atoms with Gasteiger partial charge >= 0.3 is 0 Å². The topological polar surface area (TPSA) is 32.7 Å². The molecule has 1 aliphatic rings. The van der Waals surface area contributed by atoms with E-state index in [1.807, 2.05) is 0 Å². The fourth-order valence-corrected chi connectivity index (χ4v) is 1.19. The van der Waals surface area contributed by atoms with E-state index in [9.17, 15) is 4.79 Å². The summed E-state index contributed by atoms with van der Waals surface area (Å²) in [5.41, 5.74) is 1.34. The van der Waals surface area contributed by atoms with E-state index in [1.54, 1.807) is 18.0 Å². The molecular weight excluding hydrogens is 152 g/mol. The summed E-state index contributed by atoms with van der Waals surface area (Å²) < 4.78 is 0. The molecule has 12 heavy (non-hydrogen) atoms. The molecule has 1 rings (SSSR count). The molecule has 3 heteroatoms. The molecule has 64 valence electrons. The SMILES string of the molecule is C=CC1=C(N=C)C(=O)N(C)CC1. The molecule has 1 amide bonds. The van der Waals surface area contributed by atoms with Gasteiger partial charge in [-0.25, -0.2) is 0 Å². The fraction of sp³-hybridized carbons (Fsp3) is 0.333. The Morgan fingerprint density at radius 1 is 1.67 bits per heavy atom. The molecule has 3 nitrogen and oxygen atoms in total. The minimum absolute atomic E-state index is 0.0637. The maximum atomic E-state index is 11.4. The summed E-state index contributed by atoms with van der Waals surface area (Å²) in [4.78, 5) is 16.7. The van der Waals surface area contributed by atoms with Crippen molar-refractivity contribution < 1.29 is 4.79 Å². The maximum Gasteiger partial charge on any atom is 0.272 e. The Morgan fingerprint density at radius 3 is 2.83 bits per heavy atom. The molecule has 0 bridgehead atoms. The molecule has 0 saturated heterocycles. The van der Waals surface area contributed by atoms with Gasteiger partial charge in [-0.3, -0.25) is 9.79 Å². The Bertz CT molecular complexity index is 266. The van der Waals surface area contributed by atoms with Crippen LogP contribution >= 0.6 is 0 Å². The third kappa shape index (κ3) is 1.30. The van der Waals surface area contributed by atoms with Gasteiger partial charge in [0.25, 0.3) is 5.91 Å². The number of hydrogen-bond acceptors (Lipinski definition) is 2. The summed E-state index contributed by atoms with van der Waals surface area (Å²) in [6, 6.07) is 0. The highest BCUT2D eigenvalue weighted by atomic mass is 16.2. The van der Waals surface area contributed by atoms with Gasteiger partial charge in [-0.05, 0) is 18.7 Å². The number of likely N-dealkylation sites (N-methyl/N-ethyl adjacent to an activating group) is 1. The molecule has 0 radical (unpaired) electrons.